The highest BCUT2D eigenvalue weighted by Gasteiger charge is 2.62. The number of nitrogens with zero attached hydrogens (tertiary/aromatic N) is 2. The smallest absolute Gasteiger partial charge is 0.410 e. The number of fused-ring (bicyclic) bond motifs is 3. The molecule has 326 valence electrons. The van der Waals surface area contributed by atoms with Crippen molar-refractivity contribution in [2.24, 2.45) is 11.3 Å². The first-order valence-electron chi connectivity index (χ1n) is 20.4. The Morgan fingerprint density at radius 3 is 2.49 bits per heavy atom. The number of carbonyl (C=O) groups is 6. The fraction of sp³-hybridized carbons (Fsp3) is 0.488. The number of nitrogens with one attached hydrogen (secondary N) is 4. The Balaban J connectivity index is 1.17. The molecule has 0 radical (unpaired) electrons. The van der Waals surface area contributed by atoms with Crippen molar-refractivity contribution in [2.45, 2.75) is 101 Å². The molecule has 5 aliphatic rings. The Labute approximate surface area is 354 Å². The van der Waals surface area contributed by atoms with Crippen LogP contribution in [0.25, 0.3) is 6.08 Å². The minimum Gasteiger partial charge on any atom is -0.445 e. The highest BCUT2D eigenvalue weighted by Crippen LogP contribution is 2.45. The van der Waals surface area contributed by atoms with Crippen LogP contribution in [0, 0.1) is 11.3 Å². The average Bonchev–Trinajstić information content (AvgIpc) is 4.11. The van der Waals surface area contributed by atoms with Gasteiger partial charge >= 0.3 is 12.2 Å². The predicted octanol–water partition coefficient (Wildman–Crippen LogP) is 2.65. The topological polar surface area (TPSA) is 219 Å². The van der Waals surface area contributed by atoms with Gasteiger partial charge in [-0.15, -0.1) is 6.58 Å². The number of rotatable bonds is 9. The Bertz CT molecular complexity index is 2220. The van der Waals surface area contributed by atoms with Gasteiger partial charge in [0.25, 0.3) is 5.91 Å². The highest BCUT2D eigenvalue weighted by molar-refractivity contribution is 7.91. The lowest BCUT2D eigenvalue weighted by atomic mass is 9.85. The third-order valence-electron chi connectivity index (χ3n) is 11.7. The largest absolute Gasteiger partial charge is 0.445 e. The lowest BCUT2D eigenvalue weighted by Crippen LogP contribution is -2.62. The van der Waals surface area contributed by atoms with Gasteiger partial charge in [-0.25, -0.2) is 18.0 Å². The van der Waals surface area contributed by atoms with E-state index >= 15 is 0 Å². The van der Waals surface area contributed by atoms with Crippen molar-refractivity contribution in [2.75, 3.05) is 19.8 Å². The number of benzene rings is 2. The van der Waals surface area contributed by atoms with Gasteiger partial charge < -0.3 is 35.1 Å². The van der Waals surface area contributed by atoms with Crippen molar-refractivity contribution in [1.29, 1.82) is 0 Å². The second-order valence-corrected chi connectivity index (χ2v) is 19.2. The lowest BCUT2D eigenvalue weighted by Gasteiger charge is -2.36. The van der Waals surface area contributed by atoms with Crippen LogP contribution in [0.3, 0.4) is 0 Å². The van der Waals surface area contributed by atoms with E-state index in [0.717, 1.165) is 22.3 Å². The molecule has 1 saturated heterocycles. The molecule has 61 heavy (non-hydrogen) atoms. The number of carbonyl (C=O) groups excluding carboxylic acids is 6. The first-order chi connectivity index (χ1) is 29.0. The van der Waals surface area contributed by atoms with Gasteiger partial charge in [0.2, 0.25) is 27.7 Å². The normalized spacial score (nSPS) is 26.8. The van der Waals surface area contributed by atoms with Crippen molar-refractivity contribution >= 4 is 51.9 Å². The van der Waals surface area contributed by atoms with Crippen LogP contribution in [0.2, 0.25) is 0 Å². The van der Waals surface area contributed by atoms with E-state index in [4.69, 9.17) is 14.2 Å². The van der Waals surface area contributed by atoms with Crippen LogP contribution < -0.4 is 20.7 Å². The number of alkyl carbamates (subject to hydrolysis) is 1. The quantitative estimate of drug-likeness (QED) is 0.269. The van der Waals surface area contributed by atoms with Crippen LogP contribution in [0.5, 0.6) is 0 Å². The van der Waals surface area contributed by atoms with Gasteiger partial charge in [-0.05, 0) is 46.9 Å². The van der Waals surface area contributed by atoms with Gasteiger partial charge in [-0.1, -0.05) is 87.5 Å². The lowest BCUT2D eigenvalue weighted by molar-refractivity contribution is -0.145. The van der Waals surface area contributed by atoms with Crippen molar-refractivity contribution in [3.8, 4) is 0 Å². The summed E-state index contributed by atoms with van der Waals surface area (Å²) in [5.41, 5.74) is 0.748. The van der Waals surface area contributed by atoms with E-state index in [9.17, 15) is 37.2 Å². The van der Waals surface area contributed by atoms with Crippen LogP contribution in [0.4, 0.5) is 9.59 Å². The molecule has 2 aliphatic carbocycles. The summed E-state index contributed by atoms with van der Waals surface area (Å²) in [7, 11) is -3.96. The third kappa shape index (κ3) is 9.75. The fourth-order valence-electron chi connectivity index (χ4n) is 7.92. The van der Waals surface area contributed by atoms with Gasteiger partial charge in [0.15, 0.2) is 0 Å². The molecule has 18 heteroatoms. The summed E-state index contributed by atoms with van der Waals surface area (Å²) >= 11 is 0. The van der Waals surface area contributed by atoms with Crippen LogP contribution in [-0.4, -0.2) is 109 Å². The molecule has 6 atom stereocenters. The van der Waals surface area contributed by atoms with E-state index in [1.165, 1.54) is 15.9 Å². The van der Waals surface area contributed by atoms with E-state index in [-0.39, 0.29) is 52.3 Å². The van der Waals surface area contributed by atoms with Crippen LogP contribution in [0.15, 0.2) is 67.3 Å². The summed E-state index contributed by atoms with van der Waals surface area (Å²) in [6.07, 6.45) is 3.27. The molecular formula is C43H52N6O11S. The van der Waals surface area contributed by atoms with Crippen LogP contribution in [-0.2, 0) is 63.1 Å². The summed E-state index contributed by atoms with van der Waals surface area (Å²) in [6.45, 7) is 8.84. The molecule has 3 heterocycles. The van der Waals surface area contributed by atoms with E-state index in [1.807, 2.05) is 30.3 Å². The number of amides is 6. The molecule has 3 aliphatic heterocycles. The molecule has 2 saturated carbocycles. The number of ether oxygens (including phenoxy) is 3. The SMILES string of the molecule is C=CC1CC1(NC(=O)C1CC2CN1C(=O)C(C(C)(C)C)NC(=O)C(NC(=O)OCc1ccccc1)COCC=Cc1cccc3c1CN(C3)C(=O)O2)C(=O)NS(=O)(=O)C1CC1. The Hall–Kier alpha value is -5.75. The zero-order valence-electron chi connectivity index (χ0n) is 34.4. The van der Waals surface area contributed by atoms with E-state index in [1.54, 1.807) is 51.1 Å². The maximum atomic E-state index is 14.8. The molecule has 2 aromatic carbocycles. The monoisotopic (exact) mass is 860 g/mol. The van der Waals surface area contributed by atoms with Gasteiger partial charge in [0, 0.05) is 18.9 Å². The first kappa shape index (κ1) is 43.3. The van der Waals surface area contributed by atoms with Crippen LogP contribution in [0.1, 0.15) is 68.7 Å². The van der Waals surface area contributed by atoms with Crippen molar-refractivity contribution in [3.05, 3.63) is 89.5 Å². The summed E-state index contributed by atoms with van der Waals surface area (Å²) in [4.78, 5) is 86.4. The Morgan fingerprint density at radius 1 is 1.05 bits per heavy atom. The number of hydrogen-bond acceptors (Lipinski definition) is 11. The zero-order chi connectivity index (χ0) is 43.7. The second kappa shape index (κ2) is 17.3. The van der Waals surface area contributed by atoms with Crippen LogP contribution >= 0.6 is 0 Å². The van der Waals surface area contributed by atoms with Crippen molar-refractivity contribution in [3.63, 3.8) is 0 Å². The van der Waals surface area contributed by atoms with E-state index < -0.39 is 92.2 Å². The van der Waals surface area contributed by atoms with Gasteiger partial charge in [0.05, 0.1) is 31.6 Å². The molecule has 17 nitrogen and oxygen atoms in total. The summed E-state index contributed by atoms with van der Waals surface area (Å²) in [5, 5.41) is 7.38. The van der Waals surface area contributed by atoms with E-state index in [2.05, 4.69) is 27.3 Å². The van der Waals surface area contributed by atoms with Gasteiger partial charge in [-0.3, -0.25) is 28.8 Å². The molecule has 3 fully saturated rings. The number of hydrogen-bond donors (Lipinski definition) is 4. The maximum Gasteiger partial charge on any atom is 0.410 e. The van der Waals surface area contributed by atoms with E-state index in [0.29, 0.717) is 12.8 Å². The average molecular weight is 861 g/mol. The molecule has 0 aromatic heterocycles. The summed E-state index contributed by atoms with van der Waals surface area (Å²) in [5.74, 6) is -3.75. The minimum absolute atomic E-state index is 0.0482. The molecule has 7 rings (SSSR count). The van der Waals surface area contributed by atoms with Gasteiger partial charge in [-0.2, -0.15) is 0 Å². The molecular weight excluding hydrogens is 809 g/mol. The Kier molecular flexibility index (Phi) is 12.3. The Morgan fingerprint density at radius 2 is 1.80 bits per heavy atom. The minimum atomic E-state index is -3.96. The predicted molar refractivity (Wildman–Crippen MR) is 220 cm³/mol. The molecule has 6 unspecified atom stereocenters. The van der Waals surface area contributed by atoms with Crippen molar-refractivity contribution in [1.82, 2.24) is 30.5 Å². The first-order valence-corrected chi connectivity index (χ1v) is 21.9. The zero-order valence-corrected chi connectivity index (χ0v) is 35.2. The van der Waals surface area contributed by atoms with Crippen molar-refractivity contribution < 1.29 is 51.4 Å². The van der Waals surface area contributed by atoms with Gasteiger partial charge in [0.1, 0.15) is 36.4 Å². The molecule has 6 amide bonds. The summed E-state index contributed by atoms with van der Waals surface area (Å²) in [6, 6.07) is 10.7. The molecule has 4 N–H and O–H groups in total. The molecule has 4 bridgehead atoms. The third-order valence-corrected chi connectivity index (χ3v) is 13.5. The molecule has 0 spiro atoms. The standard InChI is InChI=1S/C43H52N6O11S/c1-5-29-20-43(29,39(53)47-61(56,57)31-16-17-31)46-37(51)34-19-30-22-49(34)38(52)35(42(2,3)4)45-36(50)33(44-40(54)59-24-26-11-7-6-8-12-26)25-58-18-10-15-27-13-9-14-28-21-48(23-32(27)28)41(55)60-30/h5-15,29-31,33-35H,1,16-25H2,2-4H3,(H,44,54)(H,45,50)(H,46,51)(H,47,53). The fourth-order valence-corrected chi connectivity index (χ4v) is 9.28. The maximum absolute atomic E-state index is 14.8. The summed E-state index contributed by atoms with van der Waals surface area (Å²) < 4.78 is 44.9. The second-order valence-electron chi connectivity index (χ2n) is 17.3. The highest BCUT2D eigenvalue weighted by atomic mass is 32.2. The number of sulfonamides is 1. The molecule has 2 aromatic rings.